The first-order valence-electron chi connectivity index (χ1n) is 12.8. The van der Waals surface area contributed by atoms with Crippen LogP contribution >= 0.6 is 22.9 Å². The molecule has 164 valence electrons. The van der Waals surface area contributed by atoms with Crippen LogP contribution in [0.4, 0.5) is 10.1 Å². The molecule has 3 atom stereocenters. The maximum absolute atomic E-state index is 13.6. The number of carbonyl (C=O) groups excluding carboxylic acids is 1. The van der Waals surface area contributed by atoms with Crippen LogP contribution in [0.1, 0.15) is 29.8 Å². The van der Waals surface area contributed by atoms with Crippen LogP contribution in [0.3, 0.4) is 0 Å². The SMILES string of the molecule is [2H]C1C([2H])(c2ncc(-c3cn(C([2H])([2H])[2H])cn3)s2)NS(=O)(=O)N(C([2H])([2H])[2H])C1([2H])C(=O)Nc1ccc(F)c(Cl)c1. The molecular formula is C18H18ClFN6O3S2. The molecule has 1 aliphatic rings. The molecule has 1 fully saturated rings. The van der Waals surface area contributed by atoms with Crippen molar-refractivity contribution in [1.82, 2.24) is 23.6 Å². The molecule has 9 nitrogen and oxygen atoms in total. The van der Waals surface area contributed by atoms with E-state index in [1.807, 2.05) is 0 Å². The molecule has 0 radical (unpaired) electrons. The van der Waals surface area contributed by atoms with Crippen LogP contribution in [-0.2, 0) is 22.0 Å². The highest BCUT2D eigenvalue weighted by atomic mass is 35.5. The molecule has 0 spiro atoms. The summed E-state index contributed by atoms with van der Waals surface area (Å²) in [6.07, 6.45) is 0.797. The van der Waals surface area contributed by atoms with Gasteiger partial charge in [-0.15, -0.1) is 11.3 Å². The van der Waals surface area contributed by atoms with Crippen molar-refractivity contribution in [2.45, 2.75) is 18.4 Å². The minimum atomic E-state index is -5.35. The molecule has 0 aliphatic carbocycles. The van der Waals surface area contributed by atoms with Gasteiger partial charge in [0.15, 0.2) is 0 Å². The highest BCUT2D eigenvalue weighted by Gasteiger charge is 2.41. The highest BCUT2D eigenvalue weighted by Crippen LogP contribution is 2.34. The lowest BCUT2D eigenvalue weighted by molar-refractivity contribution is -0.120. The lowest BCUT2D eigenvalue weighted by Gasteiger charge is -2.35. The summed E-state index contributed by atoms with van der Waals surface area (Å²) in [6.45, 7) is -6.21. The van der Waals surface area contributed by atoms with Crippen LogP contribution in [0.15, 0.2) is 36.9 Å². The van der Waals surface area contributed by atoms with E-state index in [2.05, 4.69) is 15.3 Å². The van der Waals surface area contributed by atoms with E-state index in [0.29, 0.717) is 11.3 Å². The standard InChI is InChI=1S/C18H18ClFN6O3S2/c1-25-8-14(22-9-25)16-7-21-18(30-16)13-6-15(26(2)31(28,29)24-13)17(27)23-10-3-4-12(20)11(19)5-10/h3-5,7-9,13,15,24H,6H2,1-2H3,(H,23,27)/i1D3,2D3,6D,13D,15D. The zero-order valence-corrected chi connectivity index (χ0v) is 17.5. The van der Waals surface area contributed by atoms with E-state index >= 15 is 0 Å². The van der Waals surface area contributed by atoms with Crippen molar-refractivity contribution in [3.63, 3.8) is 0 Å². The Balaban J connectivity index is 1.80. The molecule has 13 heteroatoms. The Bertz CT molecular complexity index is 1580. The first-order chi connectivity index (χ1) is 18.2. The number of rotatable bonds is 4. The van der Waals surface area contributed by atoms with Crippen LogP contribution in [-0.4, -0.2) is 46.2 Å². The van der Waals surface area contributed by atoms with E-state index in [1.165, 1.54) is 0 Å². The van der Waals surface area contributed by atoms with Crippen molar-refractivity contribution in [3.05, 3.63) is 52.8 Å². The average Bonchev–Trinajstić information content (AvgIpc) is 3.48. The number of thiazole rings is 1. The summed E-state index contributed by atoms with van der Waals surface area (Å²) in [5.41, 5.74) is -0.163. The zero-order valence-electron chi connectivity index (χ0n) is 24.1. The number of halogens is 2. The van der Waals surface area contributed by atoms with Crippen molar-refractivity contribution in [2.75, 3.05) is 12.3 Å². The molecule has 1 aliphatic heterocycles. The van der Waals surface area contributed by atoms with Gasteiger partial charge in [-0.25, -0.2) is 14.4 Å². The van der Waals surface area contributed by atoms with E-state index in [0.717, 1.165) is 41.5 Å². The Morgan fingerprint density at radius 1 is 1.48 bits per heavy atom. The van der Waals surface area contributed by atoms with Gasteiger partial charge in [0.1, 0.15) is 16.8 Å². The van der Waals surface area contributed by atoms with Gasteiger partial charge in [0, 0.05) is 41.6 Å². The number of likely N-dealkylation sites (N-methyl/N-ethyl adjacent to an activating group) is 1. The Kier molecular flexibility index (Phi) is 3.53. The summed E-state index contributed by atoms with van der Waals surface area (Å²) in [5, 5.41) is 1.17. The van der Waals surface area contributed by atoms with Crippen LogP contribution in [0.25, 0.3) is 10.6 Å². The number of anilines is 1. The number of nitrogens with zero attached hydrogens (tertiary/aromatic N) is 4. The van der Waals surface area contributed by atoms with Gasteiger partial charge in [-0.05, 0) is 24.6 Å². The fourth-order valence-electron chi connectivity index (χ4n) is 2.54. The van der Waals surface area contributed by atoms with Gasteiger partial charge >= 0.3 is 0 Å². The first-order valence-corrected chi connectivity index (χ1v) is 10.9. The fourth-order valence-corrected chi connectivity index (χ4v) is 4.55. The molecule has 3 heterocycles. The Morgan fingerprint density at radius 3 is 3.03 bits per heavy atom. The van der Waals surface area contributed by atoms with Crippen molar-refractivity contribution in [1.29, 1.82) is 0 Å². The third-order valence-electron chi connectivity index (χ3n) is 3.96. The summed E-state index contributed by atoms with van der Waals surface area (Å²) in [6, 6.07) is -3.59. The van der Waals surface area contributed by atoms with Crippen LogP contribution in [0.2, 0.25) is 5.02 Å². The molecule has 2 aromatic heterocycles. The third-order valence-corrected chi connectivity index (χ3v) is 6.46. The van der Waals surface area contributed by atoms with Gasteiger partial charge < -0.3 is 9.88 Å². The number of aryl methyl sites for hydroxylation is 1. The second-order valence-corrected chi connectivity index (χ2v) is 9.05. The van der Waals surface area contributed by atoms with Crippen molar-refractivity contribution in [3.8, 4) is 10.6 Å². The van der Waals surface area contributed by atoms with Crippen LogP contribution < -0.4 is 10.0 Å². The molecule has 1 aromatic carbocycles. The summed E-state index contributed by atoms with van der Waals surface area (Å²) in [7, 11) is -5.35. The van der Waals surface area contributed by atoms with Gasteiger partial charge in [-0.2, -0.15) is 17.4 Å². The Labute approximate surface area is 199 Å². The smallest absolute Gasteiger partial charge is 0.280 e. The number of hydrogen-bond donors (Lipinski definition) is 2. The van der Waals surface area contributed by atoms with E-state index in [1.54, 1.807) is 4.72 Å². The monoisotopic (exact) mass is 493 g/mol. The Hall–Kier alpha value is -2.38. The molecule has 0 saturated carbocycles. The molecular weight excluding hydrogens is 467 g/mol. The number of benzene rings is 1. The largest absolute Gasteiger partial charge is 0.340 e. The second-order valence-electron chi connectivity index (χ2n) is 6.09. The third kappa shape index (κ3) is 4.48. The zero-order chi connectivity index (χ0) is 30.1. The molecule has 1 amide bonds. The van der Waals surface area contributed by atoms with Crippen molar-refractivity contribution in [2.24, 2.45) is 6.98 Å². The molecule has 4 rings (SSSR count). The number of amides is 1. The summed E-state index contributed by atoms with van der Waals surface area (Å²) in [5.74, 6) is -2.50. The van der Waals surface area contributed by atoms with E-state index in [9.17, 15) is 17.6 Å². The first kappa shape index (κ1) is 13.2. The maximum Gasteiger partial charge on any atom is 0.280 e. The van der Waals surface area contributed by atoms with Gasteiger partial charge in [0.25, 0.3) is 10.2 Å². The maximum atomic E-state index is 13.6. The van der Waals surface area contributed by atoms with Gasteiger partial charge in [0.05, 0.1) is 30.7 Å². The summed E-state index contributed by atoms with van der Waals surface area (Å²) in [4.78, 5) is 21.4. The number of hydrogen-bond acceptors (Lipinski definition) is 6. The Morgan fingerprint density at radius 2 is 2.32 bits per heavy atom. The minimum Gasteiger partial charge on any atom is -0.340 e. The molecule has 31 heavy (non-hydrogen) atoms. The topological polar surface area (TPSA) is 109 Å². The predicted molar refractivity (Wildman–Crippen MR) is 115 cm³/mol. The fraction of sp³-hybridized carbons (Fsp3) is 0.278. The van der Waals surface area contributed by atoms with Crippen molar-refractivity contribution < 1.29 is 29.9 Å². The molecule has 0 bridgehead atoms. The predicted octanol–water partition coefficient (Wildman–Crippen LogP) is 2.55. The van der Waals surface area contributed by atoms with E-state index in [4.69, 9.17) is 23.9 Å². The average molecular weight is 494 g/mol. The molecule has 2 N–H and O–H groups in total. The van der Waals surface area contributed by atoms with E-state index < -0.39 is 68.7 Å². The van der Waals surface area contributed by atoms with Gasteiger partial charge in [0.2, 0.25) is 5.91 Å². The van der Waals surface area contributed by atoms with Gasteiger partial charge in [-0.1, -0.05) is 11.6 Å². The highest BCUT2D eigenvalue weighted by molar-refractivity contribution is 7.87. The van der Waals surface area contributed by atoms with E-state index in [-0.39, 0.29) is 16.3 Å². The molecule has 3 unspecified atom stereocenters. The lowest BCUT2D eigenvalue weighted by Crippen LogP contribution is -2.55. The van der Waals surface area contributed by atoms with Crippen LogP contribution in [0, 0.1) is 5.82 Å². The molecule has 1 saturated heterocycles. The normalized spacial score (nSPS) is 33.4. The number of carbonyl (C=O) groups is 1. The number of imidazole rings is 1. The summed E-state index contributed by atoms with van der Waals surface area (Å²) < 4.78 is 114. The number of aromatic nitrogens is 3. The quantitative estimate of drug-likeness (QED) is 0.580. The molecule has 3 aromatic rings. The summed E-state index contributed by atoms with van der Waals surface area (Å²) >= 11 is 6.32. The number of nitrogens with one attached hydrogen (secondary N) is 2. The second kappa shape index (κ2) is 8.28. The van der Waals surface area contributed by atoms with Gasteiger partial charge in [-0.3, -0.25) is 4.79 Å². The van der Waals surface area contributed by atoms with Crippen LogP contribution in [0.5, 0.6) is 0 Å². The lowest BCUT2D eigenvalue weighted by atomic mass is 10.1. The van der Waals surface area contributed by atoms with Crippen molar-refractivity contribution >= 4 is 44.7 Å². The minimum absolute atomic E-state index is 0.0795.